The largest absolute Gasteiger partial charge is 0.472 e. The van der Waals surface area contributed by atoms with Gasteiger partial charge in [-0.25, -0.2) is 4.57 Å². The van der Waals surface area contributed by atoms with Gasteiger partial charge in [-0.15, -0.1) is 0 Å². The minimum atomic E-state index is -4.29. The molecule has 0 aliphatic carbocycles. The van der Waals surface area contributed by atoms with Crippen LogP contribution in [0.15, 0.2) is 97.2 Å². The molecule has 0 bridgehead atoms. The number of hydrogen-bond acceptors (Lipinski definition) is 6. The molecule has 0 heterocycles. The molecule has 1 N–H and O–H groups in total. The summed E-state index contributed by atoms with van der Waals surface area (Å²) in [5.74, 6) is -0.341. The summed E-state index contributed by atoms with van der Waals surface area (Å²) in [6.45, 7) is 5.34. The van der Waals surface area contributed by atoms with E-state index in [0.717, 1.165) is 116 Å². The van der Waals surface area contributed by atoms with Gasteiger partial charge in [0.25, 0.3) is 0 Å². The number of allylic oxidation sites excluding steroid dienone is 16. The maximum atomic E-state index is 12.7. The number of phosphoric acid groups is 1. The van der Waals surface area contributed by atoms with Crippen molar-refractivity contribution in [2.45, 2.75) is 161 Å². The van der Waals surface area contributed by atoms with Gasteiger partial charge in [-0.1, -0.05) is 156 Å². The van der Waals surface area contributed by atoms with Gasteiger partial charge in [0.15, 0.2) is 0 Å². The molecule has 59 heavy (non-hydrogen) atoms. The zero-order chi connectivity index (χ0) is 43.4. The Balaban J connectivity index is 4.26. The van der Waals surface area contributed by atoms with Crippen molar-refractivity contribution < 1.29 is 37.3 Å². The maximum Gasteiger partial charge on any atom is 0.472 e. The minimum absolute atomic E-state index is 0.0757. The second-order valence-corrected chi connectivity index (χ2v) is 17.5. The molecule has 9 heteroatoms. The highest BCUT2D eigenvalue weighted by Crippen LogP contribution is 2.43. The van der Waals surface area contributed by atoms with Crippen LogP contribution in [0.5, 0.6) is 0 Å². The van der Waals surface area contributed by atoms with E-state index in [2.05, 4.69) is 111 Å². The zero-order valence-electron chi connectivity index (χ0n) is 38.2. The first-order valence-electron chi connectivity index (χ1n) is 23.0. The van der Waals surface area contributed by atoms with Gasteiger partial charge in [0.2, 0.25) is 0 Å². The van der Waals surface area contributed by atoms with Crippen LogP contribution in [0.3, 0.4) is 0 Å². The molecule has 0 saturated heterocycles. The molecule has 8 nitrogen and oxygen atoms in total. The third kappa shape index (κ3) is 46.3. The first-order valence-corrected chi connectivity index (χ1v) is 24.5. The van der Waals surface area contributed by atoms with Crippen LogP contribution in [0.2, 0.25) is 0 Å². The standard InChI is InChI=1S/C50H86NO7P/c1-6-8-10-12-14-16-18-20-21-22-23-24-25-26-27-28-29-30-32-34-36-38-40-42-45-55-47-49(48-57-59(53,54)56-46-44-51(3,4)5)58-50(52)43-41-39-37-35-33-31-19-17-15-13-11-9-7-2/h8,10-11,13-14,16-17,19-21,23-24,26-27,29-30,49H,6-7,9,12,15,18,22,25,28,31-48H2,1-5H3/p+1/b10-8-,13-11-,16-14-,19-17-,21-20-,24-23-,27-26-,30-29-. The predicted octanol–water partition coefficient (Wildman–Crippen LogP) is 13.8. The molecule has 0 aromatic carbocycles. The predicted molar refractivity (Wildman–Crippen MR) is 251 cm³/mol. The molecule has 0 radical (unpaired) electrons. The number of phosphoric ester groups is 1. The van der Waals surface area contributed by atoms with Crippen molar-refractivity contribution in [3.8, 4) is 0 Å². The van der Waals surface area contributed by atoms with Gasteiger partial charge in [-0.3, -0.25) is 13.8 Å². The molecule has 0 amide bonds. The maximum absolute atomic E-state index is 12.7. The van der Waals surface area contributed by atoms with Gasteiger partial charge in [0.1, 0.15) is 19.3 Å². The highest BCUT2D eigenvalue weighted by Gasteiger charge is 2.26. The smallest absolute Gasteiger partial charge is 0.457 e. The highest BCUT2D eigenvalue weighted by molar-refractivity contribution is 7.47. The number of ether oxygens (including phenoxy) is 2. The molecular formula is C50H87NO7P+. The van der Waals surface area contributed by atoms with Crippen LogP contribution in [0.4, 0.5) is 0 Å². The summed E-state index contributed by atoms with van der Waals surface area (Å²) >= 11 is 0. The van der Waals surface area contributed by atoms with Crippen LogP contribution in [0.1, 0.15) is 155 Å². The van der Waals surface area contributed by atoms with E-state index in [4.69, 9.17) is 18.5 Å². The van der Waals surface area contributed by atoms with Crippen molar-refractivity contribution >= 4 is 13.8 Å². The number of esters is 1. The molecule has 0 aliphatic heterocycles. The Morgan fingerprint density at radius 3 is 1.47 bits per heavy atom. The number of unbranched alkanes of at least 4 members (excludes halogenated alkanes) is 11. The van der Waals surface area contributed by atoms with E-state index in [0.29, 0.717) is 24.1 Å². The fraction of sp³-hybridized carbons (Fsp3) is 0.660. The summed E-state index contributed by atoms with van der Waals surface area (Å²) < 4.78 is 35.0. The Morgan fingerprint density at radius 1 is 0.542 bits per heavy atom. The average molecular weight is 845 g/mol. The molecule has 0 saturated carbocycles. The van der Waals surface area contributed by atoms with Crippen molar-refractivity contribution in [3.05, 3.63) is 97.2 Å². The lowest BCUT2D eigenvalue weighted by molar-refractivity contribution is -0.870. The number of rotatable bonds is 41. The Kier molecular flexibility index (Phi) is 40.3. The van der Waals surface area contributed by atoms with Gasteiger partial charge in [0, 0.05) is 13.0 Å². The summed E-state index contributed by atoms with van der Waals surface area (Å²) in [6.07, 6.45) is 57.3. The molecule has 338 valence electrons. The Labute approximate surface area is 362 Å². The Hall–Kier alpha value is -2.58. The van der Waals surface area contributed by atoms with Crippen LogP contribution in [0, 0.1) is 0 Å². The van der Waals surface area contributed by atoms with E-state index in [-0.39, 0.29) is 25.8 Å². The lowest BCUT2D eigenvalue weighted by Crippen LogP contribution is -2.37. The van der Waals surface area contributed by atoms with Crippen LogP contribution < -0.4 is 0 Å². The number of likely N-dealkylation sites (N-methyl/N-ethyl adjacent to an activating group) is 1. The summed E-state index contributed by atoms with van der Waals surface area (Å²) in [7, 11) is 1.62. The van der Waals surface area contributed by atoms with Crippen molar-refractivity contribution in [2.24, 2.45) is 0 Å². The number of carbonyl (C=O) groups is 1. The Bertz CT molecular complexity index is 1260. The summed E-state index contributed by atoms with van der Waals surface area (Å²) in [4.78, 5) is 22.9. The zero-order valence-corrected chi connectivity index (χ0v) is 39.1. The number of hydrogen-bond donors (Lipinski definition) is 1. The lowest BCUT2D eigenvalue weighted by Gasteiger charge is -2.24. The topological polar surface area (TPSA) is 91.3 Å². The lowest BCUT2D eigenvalue weighted by atomic mass is 10.1. The minimum Gasteiger partial charge on any atom is -0.457 e. The van der Waals surface area contributed by atoms with E-state index in [1.807, 2.05) is 21.1 Å². The summed E-state index contributed by atoms with van der Waals surface area (Å²) in [6, 6.07) is 0. The molecule has 0 aliphatic rings. The second kappa shape index (κ2) is 42.1. The number of quaternary nitrogens is 1. The molecule has 0 aromatic heterocycles. The van der Waals surface area contributed by atoms with Gasteiger partial charge in [0.05, 0.1) is 34.4 Å². The van der Waals surface area contributed by atoms with Crippen LogP contribution in [0.25, 0.3) is 0 Å². The monoisotopic (exact) mass is 845 g/mol. The SMILES string of the molecule is CC/C=C\C/C=C\C/C=C\C/C=C\C/C=C\C/C=C\CCCCCCCOCC(COP(=O)(O)OCC[N+](C)(C)C)OC(=O)CCCCCCC/C=C\C/C=C\CCC. The van der Waals surface area contributed by atoms with E-state index in [9.17, 15) is 14.3 Å². The summed E-state index contributed by atoms with van der Waals surface area (Å²) in [5, 5.41) is 0. The van der Waals surface area contributed by atoms with Gasteiger partial charge < -0.3 is 18.9 Å². The van der Waals surface area contributed by atoms with E-state index in [1.165, 1.54) is 19.3 Å². The molecule has 0 rings (SSSR count). The molecule has 2 atom stereocenters. The van der Waals surface area contributed by atoms with Crippen molar-refractivity contribution in [1.29, 1.82) is 0 Å². The van der Waals surface area contributed by atoms with E-state index >= 15 is 0 Å². The third-order valence-corrected chi connectivity index (χ3v) is 10.1. The second-order valence-electron chi connectivity index (χ2n) is 16.0. The van der Waals surface area contributed by atoms with Gasteiger partial charge >= 0.3 is 13.8 Å². The molecule has 0 fully saturated rings. The average Bonchev–Trinajstić information content (AvgIpc) is 3.19. The molecular weight excluding hydrogens is 758 g/mol. The third-order valence-electron chi connectivity index (χ3n) is 9.11. The number of carbonyl (C=O) groups excluding carboxylic acids is 1. The highest BCUT2D eigenvalue weighted by atomic mass is 31.2. The van der Waals surface area contributed by atoms with Crippen LogP contribution in [-0.4, -0.2) is 75.6 Å². The quantitative estimate of drug-likeness (QED) is 0.0215. The molecule has 2 unspecified atom stereocenters. The fourth-order valence-corrected chi connectivity index (χ4v) is 6.33. The van der Waals surface area contributed by atoms with Crippen molar-refractivity contribution in [1.82, 2.24) is 0 Å². The number of nitrogens with zero attached hydrogens (tertiary/aromatic N) is 1. The van der Waals surface area contributed by atoms with Crippen molar-refractivity contribution in [2.75, 3.05) is 54.1 Å². The molecule has 0 aromatic rings. The van der Waals surface area contributed by atoms with E-state index < -0.39 is 13.9 Å². The van der Waals surface area contributed by atoms with E-state index in [1.54, 1.807) is 0 Å². The fourth-order valence-electron chi connectivity index (χ4n) is 5.59. The Morgan fingerprint density at radius 2 is 0.983 bits per heavy atom. The first kappa shape index (κ1) is 56.4. The van der Waals surface area contributed by atoms with Gasteiger partial charge in [-0.05, 0) is 89.9 Å². The van der Waals surface area contributed by atoms with Crippen molar-refractivity contribution in [3.63, 3.8) is 0 Å². The van der Waals surface area contributed by atoms with Crippen LogP contribution in [-0.2, 0) is 27.9 Å². The van der Waals surface area contributed by atoms with Gasteiger partial charge in [-0.2, -0.15) is 0 Å². The summed E-state index contributed by atoms with van der Waals surface area (Å²) in [5.41, 5.74) is 0. The normalized spacial score (nSPS) is 14.6. The molecule has 0 spiro atoms. The first-order chi connectivity index (χ1) is 28.6. The van der Waals surface area contributed by atoms with Crippen LogP contribution >= 0.6 is 7.82 Å².